The zero-order valence-corrected chi connectivity index (χ0v) is 20.5. The van der Waals surface area contributed by atoms with E-state index in [9.17, 15) is 18.4 Å². The van der Waals surface area contributed by atoms with Gasteiger partial charge >= 0.3 is 0 Å². The Bertz CT molecular complexity index is 1080. The van der Waals surface area contributed by atoms with E-state index in [1.165, 1.54) is 6.07 Å². The fraction of sp³-hybridized carbons (Fsp3) is 0.500. The van der Waals surface area contributed by atoms with Crippen molar-refractivity contribution in [2.75, 3.05) is 4.90 Å². The number of hydrogen-bond donors (Lipinski definition) is 2. The summed E-state index contributed by atoms with van der Waals surface area (Å²) in [7, 11) is 0. The van der Waals surface area contributed by atoms with Gasteiger partial charge in [-0.15, -0.1) is 0 Å². The number of halogens is 2. The third-order valence-corrected chi connectivity index (χ3v) is 6.57. The van der Waals surface area contributed by atoms with Crippen LogP contribution >= 0.6 is 0 Å². The summed E-state index contributed by atoms with van der Waals surface area (Å²) in [6.07, 6.45) is 5.14. The Kier molecular flexibility index (Phi) is 6.96. The molecule has 2 aromatic rings. The van der Waals surface area contributed by atoms with Crippen LogP contribution in [0.5, 0.6) is 5.75 Å². The number of aromatic nitrogens is 1. The van der Waals surface area contributed by atoms with Gasteiger partial charge in [-0.25, -0.2) is 13.8 Å². The molecule has 1 unspecified atom stereocenters. The summed E-state index contributed by atoms with van der Waals surface area (Å²) in [4.78, 5) is 32.0. The number of ether oxygens (including phenoxy) is 1. The van der Waals surface area contributed by atoms with Crippen LogP contribution in [0.25, 0.3) is 0 Å². The van der Waals surface area contributed by atoms with Crippen LogP contribution in [0.3, 0.4) is 0 Å². The number of benzene rings is 1. The first kappa shape index (κ1) is 24.9. The van der Waals surface area contributed by atoms with Crippen molar-refractivity contribution in [1.29, 1.82) is 0 Å². The number of pyridine rings is 1. The molecule has 2 amide bonds. The summed E-state index contributed by atoms with van der Waals surface area (Å²) >= 11 is 0. The van der Waals surface area contributed by atoms with Crippen molar-refractivity contribution in [2.45, 2.75) is 83.1 Å². The van der Waals surface area contributed by atoms with Gasteiger partial charge in [0.2, 0.25) is 0 Å². The van der Waals surface area contributed by atoms with Gasteiger partial charge in [0, 0.05) is 36.4 Å². The van der Waals surface area contributed by atoms with Crippen LogP contribution in [0.2, 0.25) is 0 Å². The molecule has 3 atom stereocenters. The molecule has 7 nitrogen and oxygen atoms in total. The van der Waals surface area contributed by atoms with Gasteiger partial charge in [-0.05, 0) is 77.6 Å². The van der Waals surface area contributed by atoms with Gasteiger partial charge in [-0.1, -0.05) is 0 Å². The van der Waals surface area contributed by atoms with Crippen LogP contribution in [0, 0.1) is 11.6 Å². The summed E-state index contributed by atoms with van der Waals surface area (Å²) in [5.41, 5.74) is -0.728. The van der Waals surface area contributed by atoms with Crippen molar-refractivity contribution in [3.63, 3.8) is 0 Å². The topological polar surface area (TPSA) is 83.6 Å². The Balaban J connectivity index is 1.37. The van der Waals surface area contributed by atoms with Gasteiger partial charge in [-0.2, -0.15) is 0 Å². The second-order valence-electron chi connectivity index (χ2n) is 10.2. The number of hydrogen-bond acceptors (Lipinski definition) is 5. The molecule has 188 valence electrons. The van der Waals surface area contributed by atoms with Gasteiger partial charge in [0.05, 0.1) is 5.56 Å². The molecule has 0 aliphatic carbocycles. The fourth-order valence-electron chi connectivity index (χ4n) is 4.93. The standard InChI is InChI=1S/C26H32F2N4O3/c1-15(2)30-24(33)16-5-10-23(29-14-16)32-18-6-7-19(32)12-17(11-18)31-25(34)26(3,4)35-20-8-9-21(27)22(28)13-20/h5,8-10,13-15,17-19H,6-7,11-12H2,1-4H3,(H,30,33)(H,31,34)/t17?,18-,19+. The number of fused-ring (bicyclic) bond motifs is 2. The van der Waals surface area contributed by atoms with E-state index in [0.29, 0.717) is 5.56 Å². The predicted octanol–water partition coefficient (Wildman–Crippen LogP) is 3.97. The van der Waals surface area contributed by atoms with Gasteiger partial charge in [0.1, 0.15) is 11.6 Å². The third-order valence-electron chi connectivity index (χ3n) is 6.57. The molecule has 1 aromatic carbocycles. The van der Waals surface area contributed by atoms with Crippen LogP contribution in [-0.4, -0.2) is 46.6 Å². The van der Waals surface area contributed by atoms with E-state index in [-0.39, 0.29) is 41.7 Å². The highest BCUT2D eigenvalue weighted by Crippen LogP contribution is 2.38. The Hall–Kier alpha value is -3.23. The van der Waals surface area contributed by atoms with Crippen LogP contribution in [0.4, 0.5) is 14.6 Å². The molecule has 1 aromatic heterocycles. The average molecular weight is 487 g/mol. The van der Waals surface area contributed by atoms with Crippen molar-refractivity contribution >= 4 is 17.6 Å². The third kappa shape index (κ3) is 5.55. The number of nitrogens with one attached hydrogen (secondary N) is 2. The summed E-state index contributed by atoms with van der Waals surface area (Å²) < 4.78 is 32.4. The minimum absolute atomic E-state index is 0.0276. The lowest BCUT2D eigenvalue weighted by Crippen LogP contribution is -2.55. The number of nitrogens with zero attached hydrogens (tertiary/aromatic N) is 2. The molecule has 2 aliphatic heterocycles. The first-order valence-corrected chi connectivity index (χ1v) is 12.0. The highest BCUT2D eigenvalue weighted by Gasteiger charge is 2.43. The van der Waals surface area contributed by atoms with Gasteiger partial charge in [0.25, 0.3) is 11.8 Å². The molecule has 4 rings (SSSR count). The minimum atomic E-state index is -1.26. The lowest BCUT2D eigenvalue weighted by molar-refractivity contribution is -0.135. The molecule has 0 radical (unpaired) electrons. The monoisotopic (exact) mass is 486 g/mol. The molecule has 35 heavy (non-hydrogen) atoms. The molecular weight excluding hydrogens is 454 g/mol. The van der Waals surface area contributed by atoms with Crippen molar-refractivity contribution in [2.24, 2.45) is 0 Å². The quantitative estimate of drug-likeness (QED) is 0.619. The Labute approximate surface area is 204 Å². The highest BCUT2D eigenvalue weighted by molar-refractivity contribution is 5.94. The molecular formula is C26H32F2N4O3. The summed E-state index contributed by atoms with van der Waals surface area (Å²) in [6.45, 7) is 7.04. The first-order chi connectivity index (χ1) is 16.5. The number of carbonyl (C=O) groups is 2. The lowest BCUT2D eigenvalue weighted by Gasteiger charge is -2.40. The SMILES string of the molecule is CC(C)NC(=O)c1ccc(N2[C@@H]3CC[C@H]2CC(NC(=O)C(C)(C)Oc2ccc(F)c(F)c2)C3)nc1. The average Bonchev–Trinajstić information content (AvgIpc) is 3.06. The van der Waals surface area contributed by atoms with Crippen LogP contribution in [0.15, 0.2) is 36.5 Å². The Morgan fingerprint density at radius 1 is 1.09 bits per heavy atom. The van der Waals surface area contributed by atoms with E-state index < -0.39 is 17.2 Å². The number of anilines is 1. The van der Waals surface area contributed by atoms with Crippen molar-refractivity contribution < 1.29 is 23.1 Å². The molecule has 2 aliphatic rings. The fourth-order valence-corrected chi connectivity index (χ4v) is 4.93. The van der Waals surface area contributed by atoms with Crippen LogP contribution in [-0.2, 0) is 4.79 Å². The zero-order valence-electron chi connectivity index (χ0n) is 20.5. The Morgan fingerprint density at radius 3 is 2.34 bits per heavy atom. The van der Waals surface area contributed by atoms with Crippen molar-refractivity contribution in [3.05, 3.63) is 53.7 Å². The van der Waals surface area contributed by atoms with Crippen LogP contribution < -0.4 is 20.3 Å². The molecule has 2 bridgehead atoms. The van der Waals surface area contributed by atoms with E-state index in [0.717, 1.165) is 43.6 Å². The summed E-state index contributed by atoms with van der Waals surface area (Å²) in [5, 5.41) is 5.95. The molecule has 3 heterocycles. The molecule has 2 fully saturated rings. The summed E-state index contributed by atoms with van der Waals surface area (Å²) in [5.74, 6) is -1.51. The molecule has 9 heteroatoms. The Morgan fingerprint density at radius 2 is 1.77 bits per heavy atom. The molecule has 2 N–H and O–H groups in total. The number of rotatable bonds is 7. The number of carbonyl (C=O) groups excluding carboxylic acids is 2. The van der Waals surface area contributed by atoms with Gasteiger partial charge in [-0.3, -0.25) is 9.59 Å². The lowest BCUT2D eigenvalue weighted by atomic mass is 9.96. The maximum atomic E-state index is 13.5. The maximum absolute atomic E-state index is 13.5. The van der Waals surface area contributed by atoms with E-state index in [1.54, 1.807) is 26.1 Å². The summed E-state index contributed by atoms with van der Waals surface area (Å²) in [6, 6.07) is 7.39. The molecule has 2 saturated heterocycles. The highest BCUT2D eigenvalue weighted by atomic mass is 19.2. The van der Waals surface area contributed by atoms with Gasteiger partial charge < -0.3 is 20.3 Å². The molecule has 0 saturated carbocycles. The van der Waals surface area contributed by atoms with E-state index in [1.807, 2.05) is 19.9 Å². The van der Waals surface area contributed by atoms with Crippen molar-refractivity contribution in [3.8, 4) is 5.75 Å². The number of amides is 2. The zero-order chi connectivity index (χ0) is 25.3. The van der Waals surface area contributed by atoms with Crippen LogP contribution in [0.1, 0.15) is 63.7 Å². The predicted molar refractivity (Wildman–Crippen MR) is 128 cm³/mol. The van der Waals surface area contributed by atoms with E-state index >= 15 is 0 Å². The minimum Gasteiger partial charge on any atom is -0.478 e. The maximum Gasteiger partial charge on any atom is 0.263 e. The smallest absolute Gasteiger partial charge is 0.263 e. The van der Waals surface area contributed by atoms with E-state index in [4.69, 9.17) is 4.74 Å². The first-order valence-electron chi connectivity index (χ1n) is 12.0. The van der Waals surface area contributed by atoms with E-state index in [2.05, 4.69) is 20.5 Å². The molecule has 0 spiro atoms. The number of piperidine rings is 1. The largest absolute Gasteiger partial charge is 0.478 e. The normalized spacial score (nSPS) is 21.7. The second kappa shape index (κ2) is 9.79. The van der Waals surface area contributed by atoms with Crippen molar-refractivity contribution in [1.82, 2.24) is 15.6 Å². The van der Waals surface area contributed by atoms with Gasteiger partial charge in [0.15, 0.2) is 17.2 Å². The second-order valence-corrected chi connectivity index (χ2v) is 10.2.